The number of rotatable bonds is 0. The van der Waals surface area contributed by atoms with Crippen molar-refractivity contribution in [3.8, 4) is 0 Å². The van der Waals surface area contributed by atoms with Crippen LogP contribution < -0.4 is 5.32 Å². The van der Waals surface area contributed by atoms with Crippen molar-refractivity contribution in [3.63, 3.8) is 0 Å². The average Bonchev–Trinajstić information content (AvgIpc) is 1.90. The molecule has 2 unspecified atom stereocenters. The minimum Gasteiger partial charge on any atom is -0.349 e. The highest BCUT2D eigenvalue weighted by Crippen LogP contribution is 2.22. The van der Waals surface area contributed by atoms with Crippen LogP contribution in [0.15, 0.2) is 12.2 Å². The fourth-order valence-electron chi connectivity index (χ4n) is 1.45. The minimum absolute atomic E-state index is 0.190. The van der Waals surface area contributed by atoms with Crippen LogP contribution in [-0.2, 0) is 4.79 Å². The SMILES string of the molecule is O=C1NC2C=CC1CC2. The molecular weight excluding hydrogens is 114 g/mol. The van der Waals surface area contributed by atoms with E-state index in [1.165, 1.54) is 0 Å². The van der Waals surface area contributed by atoms with Crippen LogP contribution in [0.25, 0.3) is 0 Å². The van der Waals surface area contributed by atoms with Gasteiger partial charge in [0.2, 0.25) is 5.91 Å². The summed E-state index contributed by atoms with van der Waals surface area (Å²) in [5.41, 5.74) is 0. The highest BCUT2D eigenvalue weighted by atomic mass is 16.2. The predicted molar refractivity (Wildman–Crippen MR) is 33.8 cm³/mol. The van der Waals surface area contributed by atoms with Gasteiger partial charge in [0.25, 0.3) is 0 Å². The van der Waals surface area contributed by atoms with Crippen molar-refractivity contribution in [2.24, 2.45) is 5.92 Å². The smallest absolute Gasteiger partial charge is 0.227 e. The number of carbonyl (C=O) groups excluding carboxylic acids is 1. The lowest BCUT2D eigenvalue weighted by atomic mass is 9.87. The number of amides is 1. The zero-order valence-electron chi connectivity index (χ0n) is 5.13. The van der Waals surface area contributed by atoms with Crippen LogP contribution >= 0.6 is 0 Å². The Morgan fingerprint density at radius 3 is 2.56 bits per heavy atom. The Kier molecular flexibility index (Phi) is 0.891. The molecule has 0 saturated carbocycles. The summed E-state index contributed by atoms with van der Waals surface area (Å²) in [6, 6.07) is 0.350. The maximum absolute atomic E-state index is 10.9. The molecule has 2 nitrogen and oxygen atoms in total. The molecule has 1 amide bonds. The normalized spacial score (nSPS) is 38.9. The molecule has 2 atom stereocenters. The van der Waals surface area contributed by atoms with Crippen molar-refractivity contribution in [1.29, 1.82) is 0 Å². The molecule has 0 spiro atoms. The van der Waals surface area contributed by atoms with Crippen molar-refractivity contribution < 1.29 is 4.79 Å². The molecule has 1 aliphatic carbocycles. The van der Waals surface area contributed by atoms with E-state index in [0.717, 1.165) is 12.8 Å². The number of nitrogens with one attached hydrogen (secondary N) is 1. The average molecular weight is 123 g/mol. The quantitative estimate of drug-likeness (QED) is 0.465. The van der Waals surface area contributed by atoms with Crippen LogP contribution in [0.3, 0.4) is 0 Å². The first-order chi connectivity index (χ1) is 4.36. The lowest BCUT2D eigenvalue weighted by molar-refractivity contribution is -0.126. The molecule has 2 heterocycles. The summed E-state index contributed by atoms with van der Waals surface area (Å²) < 4.78 is 0. The molecule has 0 aromatic carbocycles. The zero-order valence-corrected chi connectivity index (χ0v) is 5.13. The van der Waals surface area contributed by atoms with Gasteiger partial charge in [-0.25, -0.2) is 0 Å². The van der Waals surface area contributed by atoms with Crippen LogP contribution in [0.5, 0.6) is 0 Å². The number of fused-ring (bicyclic) bond motifs is 2. The summed E-state index contributed by atoms with van der Waals surface area (Å²) in [4.78, 5) is 10.9. The van der Waals surface area contributed by atoms with E-state index in [-0.39, 0.29) is 11.8 Å². The van der Waals surface area contributed by atoms with Crippen LogP contribution in [0.4, 0.5) is 0 Å². The summed E-state index contributed by atoms with van der Waals surface area (Å²) in [5, 5.41) is 2.89. The van der Waals surface area contributed by atoms with Gasteiger partial charge in [0.05, 0.1) is 5.92 Å². The molecule has 0 aromatic heterocycles. The molecular formula is C7H9NO. The van der Waals surface area contributed by atoms with E-state index in [4.69, 9.17) is 0 Å². The predicted octanol–water partition coefficient (Wildman–Crippen LogP) is 0.451. The van der Waals surface area contributed by atoms with Gasteiger partial charge in [-0.1, -0.05) is 12.2 Å². The van der Waals surface area contributed by atoms with Crippen LogP contribution in [0, 0.1) is 5.92 Å². The number of carbonyl (C=O) groups is 1. The van der Waals surface area contributed by atoms with E-state index in [1.54, 1.807) is 0 Å². The lowest BCUT2D eigenvalue weighted by Crippen LogP contribution is -2.45. The van der Waals surface area contributed by atoms with Gasteiger partial charge in [-0.05, 0) is 12.8 Å². The molecule has 2 heteroatoms. The van der Waals surface area contributed by atoms with Gasteiger partial charge in [-0.2, -0.15) is 0 Å². The summed E-state index contributed by atoms with van der Waals surface area (Å²) >= 11 is 0. The molecule has 1 saturated heterocycles. The van der Waals surface area contributed by atoms with Crippen LogP contribution in [0.1, 0.15) is 12.8 Å². The Hall–Kier alpha value is -0.790. The van der Waals surface area contributed by atoms with Gasteiger partial charge in [0.15, 0.2) is 0 Å². The molecule has 9 heavy (non-hydrogen) atoms. The minimum atomic E-state index is 0.190. The standard InChI is InChI=1S/C7H9NO/c9-7-5-1-3-6(8-7)4-2-5/h1,3,5-6H,2,4H2,(H,8,9). The fourth-order valence-corrected chi connectivity index (χ4v) is 1.45. The summed E-state index contributed by atoms with van der Waals surface area (Å²) in [5.74, 6) is 0.406. The highest BCUT2D eigenvalue weighted by Gasteiger charge is 2.28. The topological polar surface area (TPSA) is 29.1 Å². The third kappa shape index (κ3) is 0.661. The highest BCUT2D eigenvalue weighted by molar-refractivity contribution is 5.83. The summed E-state index contributed by atoms with van der Waals surface area (Å²) in [6.07, 6.45) is 6.29. The molecule has 1 N–H and O–H groups in total. The van der Waals surface area contributed by atoms with Crippen molar-refractivity contribution >= 4 is 5.91 Å². The van der Waals surface area contributed by atoms with Crippen LogP contribution in [0.2, 0.25) is 0 Å². The molecule has 2 bridgehead atoms. The first-order valence-corrected chi connectivity index (χ1v) is 3.35. The maximum atomic E-state index is 10.9. The lowest BCUT2D eigenvalue weighted by Gasteiger charge is -2.30. The molecule has 1 fully saturated rings. The van der Waals surface area contributed by atoms with E-state index in [0.29, 0.717) is 6.04 Å². The first-order valence-electron chi connectivity index (χ1n) is 3.35. The van der Waals surface area contributed by atoms with Gasteiger partial charge < -0.3 is 5.32 Å². The van der Waals surface area contributed by atoms with Gasteiger partial charge in [-0.3, -0.25) is 4.79 Å². The Balaban J connectivity index is 2.29. The Morgan fingerprint density at radius 1 is 1.44 bits per heavy atom. The monoisotopic (exact) mass is 123 g/mol. The number of piperidine rings is 1. The van der Waals surface area contributed by atoms with Crippen molar-refractivity contribution in [3.05, 3.63) is 12.2 Å². The Morgan fingerprint density at radius 2 is 2.33 bits per heavy atom. The van der Waals surface area contributed by atoms with Gasteiger partial charge in [-0.15, -0.1) is 0 Å². The fraction of sp³-hybridized carbons (Fsp3) is 0.571. The second kappa shape index (κ2) is 1.59. The Bertz CT molecular complexity index is 174. The molecule has 48 valence electrons. The van der Waals surface area contributed by atoms with E-state index < -0.39 is 0 Å². The number of hydrogen-bond acceptors (Lipinski definition) is 1. The van der Waals surface area contributed by atoms with E-state index in [1.807, 2.05) is 6.08 Å². The van der Waals surface area contributed by atoms with Gasteiger partial charge >= 0.3 is 0 Å². The van der Waals surface area contributed by atoms with Crippen LogP contribution in [-0.4, -0.2) is 11.9 Å². The molecule has 2 aliphatic heterocycles. The molecule has 0 aromatic rings. The third-order valence-corrected chi connectivity index (χ3v) is 2.03. The van der Waals surface area contributed by atoms with Gasteiger partial charge in [0, 0.05) is 6.04 Å². The van der Waals surface area contributed by atoms with Crippen molar-refractivity contribution in [2.75, 3.05) is 0 Å². The van der Waals surface area contributed by atoms with Crippen molar-refractivity contribution in [2.45, 2.75) is 18.9 Å². The van der Waals surface area contributed by atoms with Gasteiger partial charge in [0.1, 0.15) is 0 Å². The molecule has 0 radical (unpaired) electrons. The second-order valence-corrected chi connectivity index (χ2v) is 2.68. The first kappa shape index (κ1) is 5.03. The largest absolute Gasteiger partial charge is 0.349 e. The van der Waals surface area contributed by atoms with E-state index in [9.17, 15) is 4.79 Å². The maximum Gasteiger partial charge on any atom is 0.227 e. The van der Waals surface area contributed by atoms with Crippen molar-refractivity contribution in [1.82, 2.24) is 5.32 Å². The molecule has 3 rings (SSSR count). The number of hydrogen-bond donors (Lipinski definition) is 1. The van der Waals surface area contributed by atoms with E-state index in [2.05, 4.69) is 11.4 Å². The summed E-state index contributed by atoms with van der Waals surface area (Å²) in [7, 11) is 0. The zero-order chi connectivity index (χ0) is 6.27. The van der Waals surface area contributed by atoms with E-state index >= 15 is 0 Å². The Labute approximate surface area is 53.9 Å². The molecule has 3 aliphatic rings. The summed E-state index contributed by atoms with van der Waals surface area (Å²) in [6.45, 7) is 0. The third-order valence-electron chi connectivity index (χ3n) is 2.03. The second-order valence-electron chi connectivity index (χ2n) is 2.68.